The van der Waals surface area contributed by atoms with Crippen molar-refractivity contribution in [2.45, 2.75) is 35.6 Å². The number of anilines is 2. The van der Waals surface area contributed by atoms with Crippen molar-refractivity contribution >= 4 is 29.0 Å². The number of hydrogen-bond donors (Lipinski definition) is 1. The summed E-state index contributed by atoms with van der Waals surface area (Å²) in [7, 11) is 2.38. The first-order valence-electron chi connectivity index (χ1n) is 10.4. The number of quaternary nitrogens is 1. The molecular weight excluding hydrogens is 378 g/mol. The number of para-hydroxylation sites is 1. The van der Waals surface area contributed by atoms with Crippen molar-refractivity contribution in [1.29, 1.82) is 0 Å². The maximum Gasteiger partial charge on any atom is 0.251 e. The molecule has 1 saturated heterocycles. The maximum absolute atomic E-state index is 12.6. The van der Waals surface area contributed by atoms with E-state index in [0.29, 0.717) is 18.2 Å². The van der Waals surface area contributed by atoms with Crippen molar-refractivity contribution in [3.63, 3.8) is 0 Å². The Bertz CT molecular complexity index is 920. The van der Waals surface area contributed by atoms with Gasteiger partial charge in [0.05, 0.1) is 44.1 Å². The van der Waals surface area contributed by atoms with Gasteiger partial charge in [-0.3, -0.25) is 4.79 Å². The smallest absolute Gasteiger partial charge is 0.251 e. The number of likely N-dealkylation sites (N-methyl/N-ethyl adjacent to an activating group) is 1. The predicted octanol–water partition coefficient (Wildman–Crippen LogP) is 4.83. The minimum Gasteiger partial charge on any atom is -0.349 e. The van der Waals surface area contributed by atoms with Crippen LogP contribution in [-0.4, -0.2) is 49.7 Å². The Morgan fingerprint density at radius 1 is 1.21 bits per heavy atom. The van der Waals surface area contributed by atoms with Crippen LogP contribution in [0.2, 0.25) is 0 Å². The molecule has 2 aromatic carbocycles. The zero-order valence-electron chi connectivity index (χ0n) is 17.4. The van der Waals surface area contributed by atoms with Crippen LogP contribution in [0.1, 0.15) is 30.1 Å². The lowest BCUT2D eigenvalue weighted by Gasteiger charge is -2.41. The van der Waals surface area contributed by atoms with Crippen molar-refractivity contribution in [3.8, 4) is 0 Å². The van der Waals surface area contributed by atoms with Gasteiger partial charge in [-0.15, -0.1) is 6.58 Å². The summed E-state index contributed by atoms with van der Waals surface area (Å²) in [5.74, 6) is -0.0531. The van der Waals surface area contributed by atoms with E-state index in [-0.39, 0.29) is 5.91 Å². The van der Waals surface area contributed by atoms with Crippen LogP contribution in [0.4, 0.5) is 11.4 Å². The molecule has 2 aromatic rings. The number of nitrogens with one attached hydrogen (secondary N) is 1. The second-order valence-electron chi connectivity index (χ2n) is 8.43. The summed E-state index contributed by atoms with van der Waals surface area (Å²) in [5.41, 5.74) is 3.08. The van der Waals surface area contributed by atoms with Gasteiger partial charge in [0.1, 0.15) is 0 Å². The number of rotatable bonds is 6. The van der Waals surface area contributed by atoms with Crippen LogP contribution in [0, 0.1) is 0 Å². The monoisotopic (exact) mass is 408 g/mol. The molecule has 1 fully saturated rings. The van der Waals surface area contributed by atoms with E-state index in [4.69, 9.17) is 0 Å². The molecule has 5 heteroatoms. The van der Waals surface area contributed by atoms with Gasteiger partial charge in [-0.1, -0.05) is 30.0 Å². The maximum atomic E-state index is 12.6. The largest absolute Gasteiger partial charge is 0.349 e. The van der Waals surface area contributed by atoms with Crippen LogP contribution in [0.15, 0.2) is 64.9 Å². The predicted molar refractivity (Wildman–Crippen MR) is 121 cm³/mol. The highest BCUT2D eigenvalue weighted by Crippen LogP contribution is 2.49. The third-order valence-electron chi connectivity index (χ3n) is 6.02. The molecule has 1 atom stereocenters. The first-order chi connectivity index (χ1) is 14.0. The van der Waals surface area contributed by atoms with Gasteiger partial charge in [-0.2, -0.15) is 0 Å². The Labute approximate surface area is 178 Å². The lowest BCUT2D eigenvalue weighted by Crippen LogP contribution is -2.50. The normalized spacial score (nSPS) is 17.9. The number of carbonyl (C=O) groups is 1. The lowest BCUT2D eigenvalue weighted by molar-refractivity contribution is -0.898. The number of benzene rings is 2. The van der Waals surface area contributed by atoms with Crippen LogP contribution in [0.5, 0.6) is 0 Å². The molecule has 2 aliphatic heterocycles. The number of hydrogen-bond acceptors (Lipinski definition) is 3. The van der Waals surface area contributed by atoms with Crippen LogP contribution < -0.4 is 10.2 Å². The molecule has 1 unspecified atom stereocenters. The standard InChI is InChI=1S/C24H29N3OS/c1-4-13-25-24(28)19-11-12-23-21(16-19)26(20-9-5-6-10-22(20)29-23)18(2)17-27(3)14-7-8-15-27/h4-6,9-12,16,18H,1,7-8,13-15,17H2,2-3H3/p+1. The molecule has 152 valence electrons. The Morgan fingerprint density at radius 3 is 2.69 bits per heavy atom. The van der Waals surface area contributed by atoms with Gasteiger partial charge in [-0.25, -0.2) is 0 Å². The van der Waals surface area contributed by atoms with Crippen LogP contribution >= 0.6 is 11.8 Å². The number of carbonyl (C=O) groups excluding carboxylic acids is 1. The molecule has 29 heavy (non-hydrogen) atoms. The molecule has 2 aliphatic rings. The average Bonchev–Trinajstić information content (AvgIpc) is 3.15. The van der Waals surface area contributed by atoms with Gasteiger partial charge in [-0.05, 0) is 37.3 Å². The Balaban J connectivity index is 1.71. The van der Waals surface area contributed by atoms with Crippen molar-refractivity contribution in [3.05, 3.63) is 60.7 Å². The van der Waals surface area contributed by atoms with Crippen LogP contribution in [-0.2, 0) is 0 Å². The number of amides is 1. The molecule has 1 amide bonds. The van der Waals surface area contributed by atoms with Gasteiger partial charge in [0, 0.05) is 34.7 Å². The molecule has 0 bridgehead atoms. The summed E-state index contributed by atoms with van der Waals surface area (Å²) in [4.78, 5) is 17.5. The minimum atomic E-state index is -0.0531. The van der Waals surface area contributed by atoms with E-state index in [1.807, 2.05) is 6.07 Å². The molecule has 0 radical (unpaired) electrons. The Morgan fingerprint density at radius 2 is 1.93 bits per heavy atom. The SMILES string of the molecule is C=CCNC(=O)c1ccc2c(c1)N(C(C)C[N+]1(C)CCCC1)c1ccccc1S2. The second kappa shape index (κ2) is 8.25. The highest BCUT2D eigenvalue weighted by atomic mass is 32.2. The molecule has 0 aliphatic carbocycles. The highest BCUT2D eigenvalue weighted by molar-refractivity contribution is 7.99. The number of fused-ring (bicyclic) bond motifs is 2. The van der Waals surface area contributed by atoms with Crippen molar-refractivity contribution in [2.24, 2.45) is 0 Å². The minimum absolute atomic E-state index is 0.0531. The molecule has 1 N–H and O–H groups in total. The van der Waals surface area contributed by atoms with Gasteiger partial charge < -0.3 is 14.7 Å². The first-order valence-corrected chi connectivity index (χ1v) is 11.3. The van der Waals surface area contributed by atoms with E-state index in [1.165, 1.54) is 41.4 Å². The summed E-state index contributed by atoms with van der Waals surface area (Å²) < 4.78 is 1.13. The molecule has 0 spiro atoms. The highest BCUT2D eigenvalue weighted by Gasteiger charge is 2.34. The van der Waals surface area contributed by atoms with Crippen molar-refractivity contribution in [1.82, 2.24) is 5.32 Å². The molecule has 0 aromatic heterocycles. The van der Waals surface area contributed by atoms with E-state index in [0.717, 1.165) is 16.7 Å². The molecule has 0 saturated carbocycles. The summed E-state index contributed by atoms with van der Waals surface area (Å²) in [6.07, 6.45) is 4.34. The van der Waals surface area contributed by atoms with Crippen molar-refractivity contribution in [2.75, 3.05) is 38.1 Å². The van der Waals surface area contributed by atoms with E-state index in [1.54, 1.807) is 17.8 Å². The molecular formula is C24H30N3OS+. The van der Waals surface area contributed by atoms with Crippen molar-refractivity contribution < 1.29 is 9.28 Å². The zero-order chi connectivity index (χ0) is 20.4. The van der Waals surface area contributed by atoms with E-state index in [9.17, 15) is 4.79 Å². The Hall–Kier alpha value is -2.24. The fraction of sp³-hybridized carbons (Fsp3) is 0.375. The number of nitrogens with zero attached hydrogens (tertiary/aromatic N) is 2. The van der Waals surface area contributed by atoms with Gasteiger partial charge in [0.2, 0.25) is 0 Å². The summed E-state index contributed by atoms with van der Waals surface area (Å²) in [6.45, 7) is 10.1. The molecule has 2 heterocycles. The van der Waals surface area contributed by atoms with Gasteiger partial charge >= 0.3 is 0 Å². The first kappa shape index (κ1) is 20.0. The molecule has 4 rings (SSSR count). The van der Waals surface area contributed by atoms with Crippen LogP contribution in [0.25, 0.3) is 0 Å². The third-order valence-corrected chi connectivity index (χ3v) is 7.15. The van der Waals surface area contributed by atoms with Crippen LogP contribution in [0.3, 0.4) is 0 Å². The van der Waals surface area contributed by atoms with Gasteiger partial charge in [0.25, 0.3) is 5.91 Å². The fourth-order valence-electron chi connectivity index (χ4n) is 4.67. The average molecular weight is 409 g/mol. The lowest BCUT2D eigenvalue weighted by atomic mass is 10.1. The topological polar surface area (TPSA) is 32.3 Å². The second-order valence-corrected chi connectivity index (χ2v) is 9.51. The summed E-state index contributed by atoms with van der Waals surface area (Å²) >= 11 is 1.79. The number of likely N-dealkylation sites (tertiary alicyclic amines) is 1. The summed E-state index contributed by atoms with van der Waals surface area (Å²) in [5, 5.41) is 2.90. The van der Waals surface area contributed by atoms with E-state index < -0.39 is 0 Å². The van der Waals surface area contributed by atoms with E-state index in [2.05, 4.69) is 67.2 Å². The fourth-order valence-corrected chi connectivity index (χ4v) is 5.72. The van der Waals surface area contributed by atoms with E-state index >= 15 is 0 Å². The molecule has 4 nitrogen and oxygen atoms in total. The quantitative estimate of drug-likeness (QED) is 0.549. The Kier molecular flexibility index (Phi) is 5.70. The zero-order valence-corrected chi connectivity index (χ0v) is 18.2. The summed E-state index contributed by atoms with van der Waals surface area (Å²) in [6, 6.07) is 15.0. The van der Waals surface area contributed by atoms with Gasteiger partial charge in [0.15, 0.2) is 0 Å². The third kappa shape index (κ3) is 4.07.